The first kappa shape index (κ1) is 28.7. The third-order valence-electron chi connectivity index (χ3n) is 4.44. The van der Waals surface area contributed by atoms with E-state index in [0.29, 0.717) is 4.57 Å². The van der Waals surface area contributed by atoms with E-state index < -0.39 is 77.8 Å². The Bertz CT molecular complexity index is 1180. The molecule has 0 bridgehead atoms. The minimum absolute atomic E-state index is 0.656. The van der Waals surface area contributed by atoms with E-state index in [1.165, 1.54) is 6.92 Å². The first-order chi connectivity index (χ1) is 15.4. The predicted octanol–water partition coefficient (Wildman–Crippen LogP) is -0.315. The summed E-state index contributed by atoms with van der Waals surface area (Å²) in [5.41, 5.74) is -3.69. The molecule has 0 radical (unpaired) electrons. The van der Waals surface area contributed by atoms with Crippen LogP contribution in [-0.4, -0.2) is 60.6 Å². The highest BCUT2D eigenvalue weighted by Gasteiger charge is 2.57. The Hall–Kier alpha value is -1.55. The third-order valence-corrected chi connectivity index (χ3v) is 8.24. The molecule has 5 N–H and O–H groups in total. The van der Waals surface area contributed by atoms with E-state index in [1.807, 2.05) is 4.98 Å². The third kappa shape index (κ3) is 7.47. The number of hydrogen-bond donors (Lipinski definition) is 5. The van der Waals surface area contributed by atoms with Crippen LogP contribution < -0.4 is 11.2 Å². The summed E-state index contributed by atoms with van der Waals surface area (Å²) in [6.07, 6.45) is -4.53. The van der Waals surface area contributed by atoms with Gasteiger partial charge in [-0.25, -0.2) is 22.9 Å². The van der Waals surface area contributed by atoms with E-state index in [9.17, 15) is 37.9 Å². The van der Waals surface area contributed by atoms with Crippen LogP contribution in [0.1, 0.15) is 20.1 Å². The number of aromatic amines is 1. The van der Waals surface area contributed by atoms with Gasteiger partial charge in [0.1, 0.15) is 6.61 Å². The van der Waals surface area contributed by atoms with Crippen molar-refractivity contribution < 1.29 is 65.1 Å². The second kappa shape index (κ2) is 10.2. The zero-order valence-corrected chi connectivity index (χ0v) is 19.9. The summed E-state index contributed by atoms with van der Waals surface area (Å²) in [7, 11) is -17.0. The topological polar surface area (TPSA) is 250 Å². The first-order valence-corrected chi connectivity index (χ1v) is 13.4. The maximum Gasteiger partial charge on any atom is 0.490 e. The monoisotopic (exact) mass is 556 g/mol. The molecule has 0 amide bonds. The van der Waals surface area contributed by atoms with Gasteiger partial charge in [0.05, 0.1) is 18.1 Å². The van der Waals surface area contributed by atoms with E-state index in [2.05, 4.69) is 13.1 Å². The van der Waals surface area contributed by atoms with Crippen LogP contribution in [0.5, 0.6) is 0 Å². The highest BCUT2D eigenvalue weighted by Crippen LogP contribution is 2.66. The van der Waals surface area contributed by atoms with Crippen LogP contribution in [0.25, 0.3) is 0 Å². The van der Waals surface area contributed by atoms with Gasteiger partial charge in [-0.3, -0.25) is 23.7 Å². The molecule has 1 saturated heterocycles. The van der Waals surface area contributed by atoms with Gasteiger partial charge in [0, 0.05) is 19.2 Å². The van der Waals surface area contributed by atoms with Crippen molar-refractivity contribution in [2.75, 3.05) is 13.2 Å². The number of esters is 1. The predicted molar refractivity (Wildman–Crippen MR) is 105 cm³/mol. The number of H-pyrrole nitrogens is 1. The van der Waals surface area contributed by atoms with Gasteiger partial charge in [0.15, 0.2) is 12.4 Å². The molecule has 6 atom stereocenters. The van der Waals surface area contributed by atoms with Gasteiger partial charge in [-0.05, 0) is 0 Å². The molecule has 2 heterocycles. The zero-order valence-electron chi connectivity index (χ0n) is 17.2. The minimum Gasteiger partial charge on any atom is -0.465 e. The minimum atomic E-state index is -5.80. The number of hydrogen-bond acceptors (Lipinski definition) is 11. The summed E-state index contributed by atoms with van der Waals surface area (Å²) < 4.78 is 72.1. The average Bonchev–Trinajstić information content (AvgIpc) is 2.87. The first-order valence-electron chi connectivity index (χ1n) is 8.88. The van der Waals surface area contributed by atoms with Gasteiger partial charge in [0.25, 0.3) is 5.56 Å². The average molecular weight is 556 g/mol. The Balaban J connectivity index is 2.27. The van der Waals surface area contributed by atoms with Gasteiger partial charge in [-0.1, -0.05) is 6.92 Å². The molecule has 1 fully saturated rings. The van der Waals surface area contributed by atoms with Crippen molar-refractivity contribution in [3.05, 3.63) is 33.1 Å². The molecule has 0 saturated carbocycles. The fourth-order valence-corrected chi connectivity index (χ4v) is 5.87. The quantitative estimate of drug-likeness (QED) is 0.183. The standard InChI is InChI=1S/C13H20FN2O15P3/c1-7(17)27-6-13(2)8(5-28-33(23,24)31-34(25,26)30-32(20,21)22)29-11(10(13)14)16-4-3-9(18)15-12(16)19/h3-4,8,10-11H,5-6H2,1-2H3,(H,23,24)(H,25,26)(H,15,18,19)(H2,20,21,22)/t8-,10+,11-,13+/m1/s1. The van der Waals surface area contributed by atoms with E-state index >= 15 is 4.39 Å². The Morgan fingerprint density at radius 1 is 1.21 bits per heavy atom. The van der Waals surface area contributed by atoms with Crippen molar-refractivity contribution in [2.45, 2.75) is 32.4 Å². The summed E-state index contributed by atoms with van der Waals surface area (Å²) >= 11 is 0. The maximum absolute atomic E-state index is 15.4. The Morgan fingerprint density at radius 2 is 1.82 bits per heavy atom. The number of alkyl halides is 1. The number of carbonyl (C=O) groups excluding carboxylic acids is 1. The fraction of sp³-hybridized carbons (Fsp3) is 0.615. The SMILES string of the molecule is CC(=O)OC[C@@]1(C)[C@@H](COP(=O)(O)OP(=O)(O)OP(=O)(O)O)O[C@@H](n2ccc(=O)[nH]c2=O)[C@@H]1F. The smallest absolute Gasteiger partial charge is 0.465 e. The van der Waals surface area contributed by atoms with Crippen molar-refractivity contribution in [2.24, 2.45) is 5.41 Å². The van der Waals surface area contributed by atoms with Crippen molar-refractivity contribution in [1.29, 1.82) is 0 Å². The van der Waals surface area contributed by atoms with Crippen molar-refractivity contribution >= 4 is 29.4 Å². The molecule has 1 aliphatic rings. The molecule has 2 unspecified atom stereocenters. The second-order valence-electron chi connectivity index (χ2n) is 7.11. The number of phosphoric ester groups is 1. The van der Waals surface area contributed by atoms with Gasteiger partial charge < -0.3 is 29.0 Å². The molecule has 0 aromatic carbocycles. The lowest BCUT2D eigenvalue weighted by Crippen LogP contribution is -2.43. The van der Waals surface area contributed by atoms with E-state index in [-0.39, 0.29) is 0 Å². The molecule has 194 valence electrons. The highest BCUT2D eigenvalue weighted by atomic mass is 31.3. The lowest BCUT2D eigenvalue weighted by atomic mass is 9.82. The second-order valence-corrected chi connectivity index (χ2v) is 11.5. The maximum atomic E-state index is 15.4. The number of aromatic nitrogens is 2. The Labute approximate surface area is 188 Å². The summed E-state index contributed by atoms with van der Waals surface area (Å²) in [4.78, 5) is 72.3. The molecule has 34 heavy (non-hydrogen) atoms. The lowest BCUT2D eigenvalue weighted by Gasteiger charge is -2.30. The number of nitrogens with one attached hydrogen (secondary N) is 1. The fourth-order valence-electron chi connectivity index (χ4n) is 2.85. The zero-order chi connectivity index (χ0) is 26.1. The number of rotatable bonds is 10. The van der Waals surface area contributed by atoms with Crippen LogP contribution in [0, 0.1) is 5.41 Å². The molecular formula is C13H20FN2O15P3. The molecule has 2 rings (SSSR count). The summed E-state index contributed by atoms with van der Waals surface area (Å²) in [6, 6.07) is 0.889. The number of nitrogens with zero attached hydrogens (tertiary/aromatic N) is 1. The number of ether oxygens (including phenoxy) is 2. The van der Waals surface area contributed by atoms with Crippen LogP contribution >= 0.6 is 23.5 Å². The van der Waals surface area contributed by atoms with Crippen LogP contribution in [0.4, 0.5) is 4.39 Å². The molecule has 1 aliphatic heterocycles. The molecule has 21 heteroatoms. The Morgan fingerprint density at radius 3 is 2.35 bits per heavy atom. The Kier molecular flexibility index (Phi) is 8.61. The molecule has 17 nitrogen and oxygen atoms in total. The number of phosphoric acid groups is 3. The summed E-state index contributed by atoms with van der Waals surface area (Å²) in [6.45, 7) is 0.429. The van der Waals surface area contributed by atoms with E-state index in [4.69, 9.17) is 19.3 Å². The van der Waals surface area contributed by atoms with Crippen LogP contribution in [0.2, 0.25) is 0 Å². The van der Waals surface area contributed by atoms with Gasteiger partial charge in [-0.15, -0.1) is 0 Å². The molecule has 1 aromatic rings. The van der Waals surface area contributed by atoms with Crippen molar-refractivity contribution in [1.82, 2.24) is 9.55 Å². The van der Waals surface area contributed by atoms with Crippen LogP contribution in [0.15, 0.2) is 21.9 Å². The van der Waals surface area contributed by atoms with Crippen molar-refractivity contribution in [3.8, 4) is 0 Å². The van der Waals surface area contributed by atoms with Crippen LogP contribution in [0.3, 0.4) is 0 Å². The van der Waals surface area contributed by atoms with E-state index in [1.54, 1.807) is 0 Å². The van der Waals surface area contributed by atoms with Gasteiger partial charge >= 0.3 is 35.1 Å². The number of halogens is 1. The lowest BCUT2D eigenvalue weighted by molar-refractivity contribution is -0.147. The normalized spacial score (nSPS) is 28.7. The van der Waals surface area contributed by atoms with Crippen LogP contribution in [-0.2, 0) is 41.1 Å². The molecule has 0 aliphatic carbocycles. The van der Waals surface area contributed by atoms with E-state index in [0.717, 1.165) is 19.2 Å². The van der Waals surface area contributed by atoms with Gasteiger partial charge in [0.2, 0.25) is 0 Å². The van der Waals surface area contributed by atoms with Crippen molar-refractivity contribution in [3.63, 3.8) is 0 Å². The van der Waals surface area contributed by atoms with Gasteiger partial charge in [-0.2, -0.15) is 8.62 Å². The largest absolute Gasteiger partial charge is 0.490 e. The summed E-state index contributed by atoms with van der Waals surface area (Å²) in [5, 5.41) is 0. The summed E-state index contributed by atoms with van der Waals surface area (Å²) in [5.74, 6) is -0.829. The highest BCUT2D eigenvalue weighted by molar-refractivity contribution is 7.66. The number of carbonyl (C=O) groups is 1. The molecule has 0 spiro atoms. The molecular weight excluding hydrogens is 536 g/mol. The molecule has 1 aromatic heterocycles.